The molecule has 0 aliphatic heterocycles. The number of non-ortho nitro benzene ring substituents is 1. The highest BCUT2D eigenvalue weighted by atomic mass is 16.6. The number of amides is 1. The van der Waals surface area contributed by atoms with E-state index in [1.54, 1.807) is 55.6 Å². The van der Waals surface area contributed by atoms with Crippen LogP contribution in [0.3, 0.4) is 0 Å². The van der Waals surface area contributed by atoms with Crippen LogP contribution in [0.5, 0.6) is 11.5 Å². The Labute approximate surface area is 188 Å². The van der Waals surface area contributed by atoms with Crippen molar-refractivity contribution in [3.05, 3.63) is 94.0 Å². The maximum atomic E-state index is 13.2. The Kier molecular flexibility index (Phi) is 6.03. The first-order valence-corrected chi connectivity index (χ1v) is 9.84. The van der Waals surface area contributed by atoms with Crippen LogP contribution in [0, 0.1) is 10.1 Å². The molecule has 0 spiro atoms. The summed E-state index contributed by atoms with van der Waals surface area (Å²) in [6.45, 7) is 0. The predicted octanol–water partition coefficient (Wildman–Crippen LogP) is 4.84. The van der Waals surface area contributed by atoms with Gasteiger partial charge in [0.25, 0.3) is 11.6 Å². The van der Waals surface area contributed by atoms with Gasteiger partial charge in [0.15, 0.2) is 0 Å². The fraction of sp³-hybridized carbons (Fsp3) is 0.0833. The van der Waals surface area contributed by atoms with Gasteiger partial charge in [0.05, 0.1) is 30.5 Å². The largest absolute Gasteiger partial charge is 0.497 e. The lowest BCUT2D eigenvalue weighted by atomic mass is 10.1. The highest BCUT2D eigenvalue weighted by Gasteiger charge is 2.16. The molecule has 0 unspecified atom stereocenters. The number of carbonyl (C=O) groups excluding carboxylic acids is 1. The highest BCUT2D eigenvalue weighted by molar-refractivity contribution is 6.06. The van der Waals surface area contributed by atoms with Crippen molar-refractivity contribution < 1.29 is 23.6 Å². The van der Waals surface area contributed by atoms with Crippen molar-refractivity contribution in [1.82, 2.24) is 0 Å². The van der Waals surface area contributed by atoms with Gasteiger partial charge >= 0.3 is 0 Å². The third kappa shape index (κ3) is 4.67. The van der Waals surface area contributed by atoms with E-state index in [1.807, 2.05) is 0 Å². The number of benzene rings is 3. The molecule has 1 amide bonds. The van der Waals surface area contributed by atoms with Gasteiger partial charge in [-0.2, -0.15) is 0 Å². The van der Waals surface area contributed by atoms with Crippen LogP contribution >= 0.6 is 0 Å². The molecule has 1 heterocycles. The van der Waals surface area contributed by atoms with E-state index in [1.165, 1.54) is 31.4 Å². The fourth-order valence-electron chi connectivity index (χ4n) is 3.19. The number of ether oxygens (including phenoxy) is 2. The van der Waals surface area contributed by atoms with Gasteiger partial charge in [-0.15, -0.1) is 0 Å². The average molecular weight is 445 g/mol. The Balaban J connectivity index is 1.86. The van der Waals surface area contributed by atoms with E-state index < -0.39 is 10.8 Å². The Bertz CT molecular complexity index is 1410. The van der Waals surface area contributed by atoms with Gasteiger partial charge in [0.1, 0.15) is 22.6 Å². The lowest BCUT2D eigenvalue weighted by Gasteiger charge is -2.10. The second kappa shape index (κ2) is 9.23. The minimum Gasteiger partial charge on any atom is -0.497 e. The molecular formula is C24H19N3O6. The number of rotatable bonds is 6. The summed E-state index contributed by atoms with van der Waals surface area (Å²) in [6, 6.07) is 19.5. The Morgan fingerprint density at radius 1 is 1.00 bits per heavy atom. The normalized spacial score (nSPS) is 11.3. The molecule has 166 valence electrons. The van der Waals surface area contributed by atoms with E-state index in [9.17, 15) is 14.9 Å². The van der Waals surface area contributed by atoms with E-state index in [2.05, 4.69) is 10.3 Å². The van der Waals surface area contributed by atoms with E-state index in [0.717, 1.165) is 0 Å². The van der Waals surface area contributed by atoms with Gasteiger partial charge < -0.3 is 19.2 Å². The number of nitro groups is 1. The van der Waals surface area contributed by atoms with Crippen molar-refractivity contribution in [2.45, 2.75) is 0 Å². The number of carbonyl (C=O) groups is 1. The highest BCUT2D eigenvalue weighted by Crippen LogP contribution is 2.25. The summed E-state index contributed by atoms with van der Waals surface area (Å²) in [5.41, 5.74) is 1.38. The molecule has 0 fully saturated rings. The first-order valence-electron chi connectivity index (χ1n) is 9.84. The number of anilines is 1. The van der Waals surface area contributed by atoms with Crippen LogP contribution in [0.2, 0.25) is 0 Å². The van der Waals surface area contributed by atoms with Crippen LogP contribution < -0.4 is 20.3 Å². The van der Waals surface area contributed by atoms with Gasteiger partial charge in [-0.05, 0) is 48.5 Å². The Morgan fingerprint density at radius 3 is 2.45 bits per heavy atom. The van der Waals surface area contributed by atoms with Gasteiger partial charge in [0, 0.05) is 17.5 Å². The summed E-state index contributed by atoms with van der Waals surface area (Å²) >= 11 is 0. The molecule has 4 aromatic rings. The van der Waals surface area contributed by atoms with E-state index >= 15 is 0 Å². The van der Waals surface area contributed by atoms with Crippen molar-refractivity contribution in [2.24, 2.45) is 4.99 Å². The molecule has 0 aliphatic rings. The molecule has 9 heteroatoms. The summed E-state index contributed by atoms with van der Waals surface area (Å²) in [5, 5.41) is 14.4. The molecule has 0 aliphatic carbocycles. The number of hydrogen-bond donors (Lipinski definition) is 1. The number of nitro benzene ring substituents is 1. The summed E-state index contributed by atoms with van der Waals surface area (Å²) in [6.07, 6.45) is 0. The Hall–Kier alpha value is -4.66. The SMILES string of the molecule is COc1ccc(N=c2oc3ccc([N+](=O)[O-])cc3cc2C(=O)Nc2ccccc2OC)cc1. The van der Waals surface area contributed by atoms with Crippen molar-refractivity contribution in [3.63, 3.8) is 0 Å². The molecule has 9 nitrogen and oxygen atoms in total. The maximum Gasteiger partial charge on any atom is 0.270 e. The first kappa shape index (κ1) is 21.6. The first-order chi connectivity index (χ1) is 16.0. The minimum absolute atomic E-state index is 0.0499. The summed E-state index contributed by atoms with van der Waals surface area (Å²) in [4.78, 5) is 28.4. The zero-order valence-corrected chi connectivity index (χ0v) is 17.8. The van der Waals surface area contributed by atoms with Crippen LogP contribution in [-0.4, -0.2) is 25.1 Å². The summed E-state index contributed by atoms with van der Waals surface area (Å²) in [5.74, 6) is 0.627. The van der Waals surface area contributed by atoms with Gasteiger partial charge in [-0.1, -0.05) is 12.1 Å². The third-order valence-corrected chi connectivity index (χ3v) is 4.84. The minimum atomic E-state index is -0.510. The van der Waals surface area contributed by atoms with Crippen LogP contribution in [0.25, 0.3) is 11.0 Å². The molecule has 1 N–H and O–H groups in total. The van der Waals surface area contributed by atoms with Gasteiger partial charge in [-0.3, -0.25) is 14.9 Å². The number of para-hydroxylation sites is 2. The molecule has 33 heavy (non-hydrogen) atoms. The monoisotopic (exact) mass is 445 g/mol. The standard InChI is InChI=1S/C24H19N3O6/c1-31-18-10-7-16(8-11-18)25-24-19(23(28)26-20-5-3-4-6-22(20)32-2)14-15-13-17(27(29)30)9-12-21(15)33-24/h3-14H,1-2H3,(H,26,28). The smallest absolute Gasteiger partial charge is 0.270 e. The molecule has 0 atom stereocenters. The van der Waals surface area contributed by atoms with Crippen molar-refractivity contribution in [1.29, 1.82) is 0 Å². The molecular weight excluding hydrogens is 426 g/mol. The number of hydrogen-bond acceptors (Lipinski definition) is 7. The number of fused-ring (bicyclic) bond motifs is 1. The van der Waals surface area contributed by atoms with Gasteiger partial charge in [0.2, 0.25) is 5.55 Å². The second-order valence-electron chi connectivity index (χ2n) is 6.91. The van der Waals surface area contributed by atoms with Crippen molar-refractivity contribution in [2.75, 3.05) is 19.5 Å². The zero-order valence-electron chi connectivity index (χ0n) is 17.8. The molecule has 1 aromatic heterocycles. The number of nitrogens with one attached hydrogen (secondary N) is 1. The molecule has 3 aromatic carbocycles. The summed E-state index contributed by atoms with van der Waals surface area (Å²) < 4.78 is 16.3. The molecule has 4 rings (SSSR count). The number of nitrogens with zero attached hydrogens (tertiary/aromatic N) is 2. The molecule has 0 radical (unpaired) electrons. The average Bonchev–Trinajstić information content (AvgIpc) is 2.84. The molecule has 0 bridgehead atoms. The molecule has 0 saturated heterocycles. The van der Waals surface area contributed by atoms with E-state index in [0.29, 0.717) is 33.8 Å². The quantitative estimate of drug-likeness (QED) is 0.335. The van der Waals surface area contributed by atoms with Crippen LogP contribution in [0.1, 0.15) is 10.4 Å². The van der Waals surface area contributed by atoms with Crippen LogP contribution in [0.15, 0.2) is 82.2 Å². The lowest BCUT2D eigenvalue weighted by Crippen LogP contribution is -2.22. The van der Waals surface area contributed by atoms with E-state index in [-0.39, 0.29) is 16.8 Å². The predicted molar refractivity (Wildman–Crippen MR) is 122 cm³/mol. The zero-order chi connectivity index (χ0) is 23.4. The van der Waals surface area contributed by atoms with Crippen molar-refractivity contribution >= 4 is 33.9 Å². The lowest BCUT2D eigenvalue weighted by molar-refractivity contribution is -0.384. The Morgan fingerprint density at radius 2 is 1.76 bits per heavy atom. The van der Waals surface area contributed by atoms with Crippen molar-refractivity contribution in [3.8, 4) is 11.5 Å². The number of methoxy groups -OCH3 is 2. The fourth-order valence-corrected chi connectivity index (χ4v) is 3.19. The maximum absolute atomic E-state index is 13.2. The second-order valence-corrected chi connectivity index (χ2v) is 6.91. The molecule has 0 saturated carbocycles. The summed E-state index contributed by atoms with van der Waals surface area (Å²) in [7, 11) is 3.06. The third-order valence-electron chi connectivity index (χ3n) is 4.84. The van der Waals surface area contributed by atoms with E-state index in [4.69, 9.17) is 13.9 Å². The van der Waals surface area contributed by atoms with Crippen LogP contribution in [0.4, 0.5) is 17.1 Å². The topological polar surface area (TPSA) is 116 Å². The van der Waals surface area contributed by atoms with Crippen LogP contribution in [-0.2, 0) is 0 Å². The van der Waals surface area contributed by atoms with Gasteiger partial charge in [-0.25, -0.2) is 4.99 Å².